The van der Waals surface area contributed by atoms with Gasteiger partial charge in [-0.15, -0.1) is 0 Å². The first-order chi connectivity index (χ1) is 15.3. The fourth-order valence-corrected chi connectivity index (χ4v) is 4.85. The molecule has 0 radical (unpaired) electrons. The molecule has 1 aliphatic heterocycles. The van der Waals surface area contributed by atoms with E-state index in [-0.39, 0.29) is 12.1 Å². The molecule has 0 bridgehead atoms. The summed E-state index contributed by atoms with van der Waals surface area (Å²) in [7, 11) is 2.33. The van der Waals surface area contributed by atoms with Crippen LogP contribution in [0.25, 0.3) is 11.1 Å². The third-order valence-electron chi connectivity index (χ3n) is 7.23. The highest BCUT2D eigenvalue weighted by atomic mass is 16.5. The molecule has 0 aromatic heterocycles. The summed E-state index contributed by atoms with van der Waals surface area (Å²) < 4.78 is 6.82. The molecule has 0 saturated carbocycles. The molecular weight excluding hydrogens is 396 g/mol. The van der Waals surface area contributed by atoms with Gasteiger partial charge >= 0.3 is 5.97 Å². The van der Waals surface area contributed by atoms with Gasteiger partial charge in [-0.2, -0.15) is 0 Å². The van der Waals surface area contributed by atoms with Crippen molar-refractivity contribution >= 4 is 11.7 Å². The number of esters is 1. The number of ether oxygens (including phenoxy) is 1. The molecule has 4 heteroatoms. The number of likely N-dealkylation sites (tertiary alicyclic amines) is 1. The van der Waals surface area contributed by atoms with Gasteiger partial charge < -0.3 is 15.0 Å². The minimum absolute atomic E-state index is 0.0586. The Morgan fingerprint density at radius 3 is 2.03 bits per heavy atom. The van der Waals surface area contributed by atoms with E-state index in [0.29, 0.717) is 23.3 Å². The second kappa shape index (κ2) is 9.17. The third-order valence-corrected chi connectivity index (χ3v) is 7.23. The molecule has 3 aromatic carbocycles. The monoisotopic (exact) mass is 429 g/mol. The number of hydrogen-bond donors (Lipinski definition) is 1. The lowest BCUT2D eigenvalue weighted by molar-refractivity contribution is -0.971. The third kappa shape index (κ3) is 4.71. The molecule has 3 aromatic rings. The Bertz CT molecular complexity index is 1030. The second-order valence-electron chi connectivity index (χ2n) is 9.39. The van der Waals surface area contributed by atoms with Crippen LogP contribution in [0, 0.1) is 0 Å². The summed E-state index contributed by atoms with van der Waals surface area (Å²) >= 11 is 0. The van der Waals surface area contributed by atoms with E-state index in [0.717, 1.165) is 23.9 Å². The van der Waals surface area contributed by atoms with Crippen LogP contribution in [-0.4, -0.2) is 35.7 Å². The summed E-state index contributed by atoms with van der Waals surface area (Å²) in [6.07, 6.45) is 1.67. The molecular formula is C28H33N2O2+. The molecule has 32 heavy (non-hydrogen) atoms. The van der Waals surface area contributed by atoms with Gasteiger partial charge in [-0.1, -0.05) is 54.6 Å². The minimum atomic E-state index is -0.262. The number of quaternary nitrogens is 1. The lowest BCUT2D eigenvalue weighted by Crippen LogP contribution is -2.61. The standard InChI is InChI=1S/C28H32N2O2/c1-20-17-27(32-28(31)25-13-15-26(29)16-14-25)18-21(2)30(20,3)19-22-9-11-24(12-10-22)23-7-5-4-6-8-23/h4-16,20-21,27H,17-19H2,1-3H3,(H-,29,31)/p+1. The van der Waals surface area contributed by atoms with Gasteiger partial charge in [0.05, 0.1) is 24.7 Å². The van der Waals surface area contributed by atoms with Gasteiger partial charge in [-0.05, 0) is 49.2 Å². The van der Waals surface area contributed by atoms with Crippen molar-refractivity contribution in [1.82, 2.24) is 0 Å². The van der Waals surface area contributed by atoms with E-state index in [4.69, 9.17) is 10.5 Å². The van der Waals surface area contributed by atoms with E-state index in [1.165, 1.54) is 16.7 Å². The summed E-state index contributed by atoms with van der Waals surface area (Å²) in [5.74, 6) is -0.262. The molecule has 1 fully saturated rings. The van der Waals surface area contributed by atoms with Crippen LogP contribution < -0.4 is 5.73 Å². The molecule has 4 nitrogen and oxygen atoms in total. The summed E-state index contributed by atoms with van der Waals surface area (Å²) in [5, 5.41) is 0. The van der Waals surface area contributed by atoms with Gasteiger partial charge in [0.15, 0.2) is 0 Å². The first-order valence-corrected chi connectivity index (χ1v) is 11.4. The molecule has 0 spiro atoms. The molecule has 4 rings (SSSR count). The van der Waals surface area contributed by atoms with E-state index >= 15 is 0 Å². The highest BCUT2D eigenvalue weighted by molar-refractivity contribution is 5.89. The van der Waals surface area contributed by atoms with Crippen molar-refractivity contribution in [1.29, 1.82) is 0 Å². The topological polar surface area (TPSA) is 52.3 Å². The Morgan fingerprint density at radius 1 is 0.875 bits per heavy atom. The Kier molecular flexibility index (Phi) is 6.33. The largest absolute Gasteiger partial charge is 0.458 e. The Morgan fingerprint density at radius 2 is 1.44 bits per heavy atom. The summed E-state index contributed by atoms with van der Waals surface area (Å²) in [5.41, 5.74) is 10.7. The van der Waals surface area contributed by atoms with Gasteiger partial charge in [-0.25, -0.2) is 4.79 Å². The zero-order valence-electron chi connectivity index (χ0n) is 19.2. The smallest absolute Gasteiger partial charge is 0.338 e. The molecule has 2 unspecified atom stereocenters. The fraction of sp³-hybridized carbons (Fsp3) is 0.321. The van der Waals surface area contributed by atoms with Crippen LogP contribution in [0.15, 0.2) is 78.9 Å². The van der Waals surface area contributed by atoms with Crippen molar-refractivity contribution in [3.05, 3.63) is 90.0 Å². The highest BCUT2D eigenvalue weighted by Gasteiger charge is 2.43. The zero-order chi connectivity index (χ0) is 22.7. The molecule has 2 N–H and O–H groups in total. The second-order valence-corrected chi connectivity index (χ2v) is 9.39. The number of hydrogen-bond acceptors (Lipinski definition) is 3. The van der Waals surface area contributed by atoms with Crippen molar-refractivity contribution in [2.24, 2.45) is 0 Å². The van der Waals surface area contributed by atoms with Gasteiger partial charge in [0.25, 0.3) is 0 Å². The maximum atomic E-state index is 12.6. The Hall–Kier alpha value is -3.11. The van der Waals surface area contributed by atoms with Crippen molar-refractivity contribution in [3.8, 4) is 11.1 Å². The van der Waals surface area contributed by atoms with E-state index in [2.05, 4.69) is 69.4 Å². The number of nitrogen functional groups attached to an aromatic ring is 1. The normalized spacial score (nSPS) is 25.3. The number of carbonyl (C=O) groups is 1. The first-order valence-electron chi connectivity index (χ1n) is 11.4. The van der Waals surface area contributed by atoms with Crippen molar-refractivity contribution in [3.63, 3.8) is 0 Å². The molecule has 2 atom stereocenters. The zero-order valence-corrected chi connectivity index (χ0v) is 19.2. The van der Waals surface area contributed by atoms with Crippen molar-refractivity contribution in [2.75, 3.05) is 12.8 Å². The Labute approximate surface area is 191 Å². The number of nitrogens with zero attached hydrogens (tertiary/aromatic N) is 1. The number of anilines is 1. The maximum absolute atomic E-state index is 12.6. The number of carbonyl (C=O) groups excluding carboxylic acids is 1. The number of nitrogens with two attached hydrogens (primary N) is 1. The van der Waals surface area contributed by atoms with Crippen LogP contribution >= 0.6 is 0 Å². The molecule has 0 amide bonds. The van der Waals surface area contributed by atoms with Gasteiger partial charge in [0, 0.05) is 24.1 Å². The number of piperidine rings is 1. The Balaban J connectivity index is 1.41. The van der Waals surface area contributed by atoms with Crippen molar-refractivity contribution < 1.29 is 14.0 Å². The van der Waals surface area contributed by atoms with E-state index in [9.17, 15) is 4.79 Å². The van der Waals surface area contributed by atoms with Crippen LogP contribution in [0.1, 0.15) is 42.6 Å². The molecule has 166 valence electrons. The molecule has 0 aliphatic carbocycles. The van der Waals surface area contributed by atoms with Gasteiger partial charge in [0.2, 0.25) is 0 Å². The van der Waals surface area contributed by atoms with Crippen molar-refractivity contribution in [2.45, 2.75) is 51.4 Å². The lowest BCUT2D eigenvalue weighted by atomic mass is 9.90. The van der Waals surface area contributed by atoms with Crippen LogP contribution in [0.3, 0.4) is 0 Å². The number of rotatable bonds is 5. The number of benzene rings is 3. The lowest BCUT2D eigenvalue weighted by Gasteiger charge is -2.50. The average Bonchev–Trinajstić information content (AvgIpc) is 2.79. The summed E-state index contributed by atoms with van der Waals surface area (Å²) in [6.45, 7) is 5.52. The average molecular weight is 430 g/mol. The quantitative estimate of drug-likeness (QED) is 0.323. The summed E-state index contributed by atoms with van der Waals surface area (Å²) in [4.78, 5) is 12.6. The van der Waals surface area contributed by atoms with Gasteiger partial charge in [0.1, 0.15) is 12.6 Å². The predicted octanol–water partition coefficient (Wildman–Crippen LogP) is 5.68. The molecule has 1 aliphatic rings. The summed E-state index contributed by atoms with van der Waals surface area (Å²) in [6, 6.07) is 27.1. The fourth-order valence-electron chi connectivity index (χ4n) is 4.85. The maximum Gasteiger partial charge on any atom is 0.338 e. The SMILES string of the molecule is CC1CC(OC(=O)c2ccc(N)cc2)CC(C)[N+]1(C)Cc1ccc(-c2ccccc2)cc1. The van der Waals surface area contributed by atoms with E-state index < -0.39 is 0 Å². The van der Waals surface area contributed by atoms with Crippen LogP contribution in [0.5, 0.6) is 0 Å². The van der Waals surface area contributed by atoms with E-state index in [1.54, 1.807) is 24.3 Å². The van der Waals surface area contributed by atoms with E-state index in [1.807, 2.05) is 6.07 Å². The van der Waals surface area contributed by atoms with Crippen LogP contribution in [0.4, 0.5) is 5.69 Å². The van der Waals surface area contributed by atoms with Crippen LogP contribution in [0.2, 0.25) is 0 Å². The highest BCUT2D eigenvalue weighted by Crippen LogP contribution is 2.34. The van der Waals surface area contributed by atoms with Gasteiger partial charge in [-0.3, -0.25) is 0 Å². The molecule has 1 saturated heterocycles. The molecule has 1 heterocycles. The first kappa shape index (κ1) is 22.1. The van der Waals surface area contributed by atoms with Crippen LogP contribution in [-0.2, 0) is 11.3 Å². The predicted molar refractivity (Wildman–Crippen MR) is 130 cm³/mol. The minimum Gasteiger partial charge on any atom is -0.458 e.